The predicted molar refractivity (Wildman–Crippen MR) is 66.4 cm³/mol. The van der Waals surface area contributed by atoms with Gasteiger partial charge in [0.25, 0.3) is 5.56 Å². The van der Waals surface area contributed by atoms with Gasteiger partial charge in [-0.25, -0.2) is 4.98 Å². The highest BCUT2D eigenvalue weighted by molar-refractivity contribution is 7.99. The van der Waals surface area contributed by atoms with Crippen molar-refractivity contribution in [2.75, 3.05) is 0 Å². The van der Waals surface area contributed by atoms with Gasteiger partial charge in [0.15, 0.2) is 5.16 Å². The van der Waals surface area contributed by atoms with Crippen molar-refractivity contribution in [3.05, 3.63) is 51.4 Å². The van der Waals surface area contributed by atoms with Crippen LogP contribution in [-0.4, -0.2) is 15.1 Å². The number of halogens is 1. The second kappa shape index (κ2) is 5.35. The molecule has 0 unspecified atom stereocenters. The molecule has 0 saturated heterocycles. The molecule has 2 N–H and O–H groups in total. The first-order valence-corrected chi connectivity index (χ1v) is 6.01. The zero-order chi connectivity index (χ0) is 12.3. The first-order chi connectivity index (χ1) is 8.19. The summed E-state index contributed by atoms with van der Waals surface area (Å²) in [4.78, 5) is 18.6. The van der Waals surface area contributed by atoms with Gasteiger partial charge in [-0.1, -0.05) is 29.4 Å². The largest absolute Gasteiger partial charge is 0.392 e. The smallest absolute Gasteiger partial charge is 0.251 e. The number of nitrogens with zero attached hydrogens (tertiary/aromatic N) is 1. The molecule has 0 aliphatic carbocycles. The van der Waals surface area contributed by atoms with E-state index in [1.165, 1.54) is 24.0 Å². The van der Waals surface area contributed by atoms with Crippen LogP contribution in [0.3, 0.4) is 0 Å². The molecule has 1 heterocycles. The highest BCUT2D eigenvalue weighted by Crippen LogP contribution is 2.28. The zero-order valence-electron chi connectivity index (χ0n) is 8.68. The highest BCUT2D eigenvalue weighted by Gasteiger charge is 2.03. The van der Waals surface area contributed by atoms with E-state index in [0.717, 1.165) is 4.90 Å². The summed E-state index contributed by atoms with van der Waals surface area (Å²) in [7, 11) is 0. The van der Waals surface area contributed by atoms with Gasteiger partial charge in [-0.15, -0.1) is 0 Å². The molecule has 0 radical (unpaired) electrons. The minimum absolute atomic E-state index is 0.0931. The molecular weight excluding hydrogens is 260 g/mol. The van der Waals surface area contributed by atoms with E-state index < -0.39 is 0 Å². The van der Waals surface area contributed by atoms with Gasteiger partial charge in [0.2, 0.25) is 0 Å². The maximum absolute atomic E-state index is 11.1. The molecule has 0 aliphatic rings. The Labute approximate surface area is 107 Å². The number of aliphatic hydroxyl groups is 1. The van der Waals surface area contributed by atoms with Crippen LogP contribution in [0.15, 0.2) is 45.3 Å². The molecule has 0 fully saturated rings. The van der Waals surface area contributed by atoms with Crippen LogP contribution in [0.4, 0.5) is 0 Å². The van der Waals surface area contributed by atoms with Crippen molar-refractivity contribution in [3.63, 3.8) is 0 Å². The summed E-state index contributed by atoms with van der Waals surface area (Å²) in [5, 5.41) is 9.99. The van der Waals surface area contributed by atoms with E-state index in [-0.39, 0.29) is 12.2 Å². The number of aliphatic hydroxyl groups excluding tert-OH is 1. The van der Waals surface area contributed by atoms with Gasteiger partial charge >= 0.3 is 0 Å². The Hall–Kier alpha value is -1.30. The summed E-state index contributed by atoms with van der Waals surface area (Å²) < 4.78 is 0. The first-order valence-electron chi connectivity index (χ1n) is 4.81. The molecule has 0 saturated carbocycles. The summed E-state index contributed by atoms with van der Waals surface area (Å²) in [6.07, 6.45) is 1.45. The number of H-pyrrole nitrogens is 1. The maximum Gasteiger partial charge on any atom is 0.251 e. The average molecular weight is 269 g/mol. The molecule has 2 aromatic rings. The second-order valence-electron chi connectivity index (χ2n) is 3.25. The third-order valence-corrected chi connectivity index (χ3v) is 3.30. The van der Waals surface area contributed by atoms with E-state index in [1.54, 1.807) is 12.1 Å². The van der Waals surface area contributed by atoms with E-state index in [4.69, 9.17) is 16.7 Å². The van der Waals surface area contributed by atoms with Gasteiger partial charge < -0.3 is 10.1 Å². The van der Waals surface area contributed by atoms with Gasteiger partial charge in [0, 0.05) is 22.2 Å². The molecular formula is C11H9ClN2O2S. The quantitative estimate of drug-likeness (QED) is 0.837. The Balaban J connectivity index is 2.25. The van der Waals surface area contributed by atoms with Crippen molar-refractivity contribution in [2.45, 2.75) is 16.7 Å². The number of hydrogen-bond acceptors (Lipinski definition) is 4. The summed E-state index contributed by atoms with van der Waals surface area (Å²) in [5.74, 6) is 0. The van der Waals surface area contributed by atoms with Gasteiger partial charge in [-0.2, -0.15) is 0 Å². The van der Waals surface area contributed by atoms with Crippen LogP contribution in [-0.2, 0) is 6.61 Å². The first kappa shape index (κ1) is 12.2. The van der Waals surface area contributed by atoms with Crippen molar-refractivity contribution < 1.29 is 5.11 Å². The second-order valence-corrected chi connectivity index (χ2v) is 4.72. The van der Waals surface area contributed by atoms with Crippen molar-refractivity contribution in [1.82, 2.24) is 9.97 Å². The normalized spacial score (nSPS) is 10.5. The zero-order valence-corrected chi connectivity index (χ0v) is 10.3. The SMILES string of the molecule is O=c1ccnc(Sc2ccc(CO)c(Cl)c2)[nH]1. The molecule has 0 bridgehead atoms. The monoisotopic (exact) mass is 268 g/mol. The summed E-state index contributed by atoms with van der Waals surface area (Å²) >= 11 is 7.26. The van der Waals surface area contributed by atoms with Crippen molar-refractivity contribution in [2.24, 2.45) is 0 Å². The van der Waals surface area contributed by atoms with Crippen LogP contribution < -0.4 is 5.56 Å². The van der Waals surface area contributed by atoms with Crippen LogP contribution in [0.25, 0.3) is 0 Å². The average Bonchev–Trinajstić information content (AvgIpc) is 2.29. The number of hydrogen-bond donors (Lipinski definition) is 2. The predicted octanol–water partition coefficient (Wildman–Crippen LogP) is 2.07. The summed E-state index contributed by atoms with van der Waals surface area (Å²) in [5.41, 5.74) is 0.478. The molecule has 6 heteroatoms. The fourth-order valence-electron chi connectivity index (χ4n) is 1.24. The van der Waals surface area contributed by atoms with E-state index >= 15 is 0 Å². The van der Waals surface area contributed by atoms with Crippen LogP contribution in [0.1, 0.15) is 5.56 Å². The lowest BCUT2D eigenvalue weighted by Crippen LogP contribution is -2.04. The molecule has 0 amide bonds. The molecule has 0 spiro atoms. The van der Waals surface area contributed by atoms with Gasteiger partial charge in [-0.05, 0) is 17.7 Å². The van der Waals surface area contributed by atoms with Crippen molar-refractivity contribution >= 4 is 23.4 Å². The minimum atomic E-state index is -0.194. The maximum atomic E-state index is 11.1. The highest BCUT2D eigenvalue weighted by atomic mass is 35.5. The van der Waals surface area contributed by atoms with Crippen LogP contribution in [0.2, 0.25) is 5.02 Å². The number of nitrogens with one attached hydrogen (secondary N) is 1. The van der Waals surface area contributed by atoms with Crippen LogP contribution >= 0.6 is 23.4 Å². The van der Waals surface area contributed by atoms with Gasteiger partial charge in [0.05, 0.1) is 6.61 Å². The van der Waals surface area contributed by atoms with E-state index in [1.807, 2.05) is 6.07 Å². The fraction of sp³-hybridized carbons (Fsp3) is 0.0909. The summed E-state index contributed by atoms with van der Waals surface area (Å²) in [6.45, 7) is -0.0931. The molecule has 0 atom stereocenters. The molecule has 2 rings (SSSR count). The molecule has 88 valence electrons. The standard InChI is InChI=1S/C11H9ClN2O2S/c12-9-5-8(2-1-7(9)6-15)17-11-13-4-3-10(16)14-11/h1-5,15H,6H2,(H,13,14,16). The van der Waals surface area contributed by atoms with E-state index in [2.05, 4.69) is 9.97 Å². The van der Waals surface area contributed by atoms with Crippen molar-refractivity contribution in [1.29, 1.82) is 0 Å². The molecule has 1 aromatic heterocycles. The van der Waals surface area contributed by atoms with Crippen LogP contribution in [0, 0.1) is 0 Å². The topological polar surface area (TPSA) is 66.0 Å². The van der Waals surface area contributed by atoms with Gasteiger partial charge in [0.1, 0.15) is 0 Å². The number of benzene rings is 1. The fourth-order valence-corrected chi connectivity index (χ4v) is 2.34. The van der Waals surface area contributed by atoms with E-state index in [0.29, 0.717) is 15.7 Å². The minimum Gasteiger partial charge on any atom is -0.392 e. The Morgan fingerprint density at radius 1 is 1.41 bits per heavy atom. The third kappa shape index (κ3) is 3.09. The number of aromatic nitrogens is 2. The number of rotatable bonds is 3. The Morgan fingerprint density at radius 2 is 2.24 bits per heavy atom. The Kier molecular flexibility index (Phi) is 3.83. The molecule has 1 aromatic carbocycles. The lowest BCUT2D eigenvalue weighted by molar-refractivity contribution is 0.282. The lowest BCUT2D eigenvalue weighted by Gasteiger charge is -2.04. The number of aromatic amines is 1. The molecule has 17 heavy (non-hydrogen) atoms. The van der Waals surface area contributed by atoms with Crippen molar-refractivity contribution in [3.8, 4) is 0 Å². The lowest BCUT2D eigenvalue weighted by atomic mass is 10.2. The van der Waals surface area contributed by atoms with Crippen LogP contribution in [0.5, 0.6) is 0 Å². The molecule has 4 nitrogen and oxygen atoms in total. The Bertz CT molecular complexity index is 586. The van der Waals surface area contributed by atoms with E-state index in [9.17, 15) is 4.79 Å². The van der Waals surface area contributed by atoms with Gasteiger partial charge in [-0.3, -0.25) is 4.79 Å². The Morgan fingerprint density at radius 3 is 2.88 bits per heavy atom. The third-order valence-electron chi connectivity index (χ3n) is 2.06. The molecule has 0 aliphatic heterocycles. The summed E-state index contributed by atoms with van der Waals surface area (Å²) in [6, 6.07) is 6.64.